The molecule has 4 saturated heterocycles. The molecule has 0 saturated carbocycles. The molecule has 0 aromatic heterocycles. The smallest absolute Gasteiger partial charge is 0.310 e. The lowest BCUT2D eigenvalue weighted by molar-refractivity contribution is -0.199. The van der Waals surface area contributed by atoms with Crippen molar-refractivity contribution in [2.45, 2.75) is 194 Å². The van der Waals surface area contributed by atoms with Crippen molar-refractivity contribution in [1.82, 2.24) is 20.8 Å². The third kappa shape index (κ3) is 10.7. The van der Waals surface area contributed by atoms with E-state index < -0.39 is 70.7 Å². The molecular formula is C44H78N4O10. The first-order chi connectivity index (χ1) is 26.1. The van der Waals surface area contributed by atoms with E-state index in [1.165, 1.54) is 10.1 Å². The molecule has 0 aromatic rings. The first kappa shape index (κ1) is 48.3. The van der Waals surface area contributed by atoms with Crippen LogP contribution >= 0.6 is 0 Å². The molecule has 4 fully saturated rings. The van der Waals surface area contributed by atoms with Crippen LogP contribution in [0.1, 0.15) is 149 Å². The number of nitrogens with zero attached hydrogens (tertiary/aromatic N) is 2. The van der Waals surface area contributed by atoms with Gasteiger partial charge in [-0.05, 0) is 136 Å². The quantitative estimate of drug-likeness (QED) is 0.111. The minimum absolute atomic E-state index is 0.0167. The van der Waals surface area contributed by atoms with Crippen LogP contribution in [0.3, 0.4) is 0 Å². The molecule has 0 spiro atoms. The molecule has 4 N–H and O–H groups in total. The van der Waals surface area contributed by atoms with Gasteiger partial charge in [-0.3, -0.25) is 19.2 Å². The van der Waals surface area contributed by atoms with Crippen LogP contribution in [0.25, 0.3) is 0 Å². The standard InChI is InChI=1S/C44H78N4O10/c1-37(2)19-27(41(9,10)45-37)23-57-35(51)31(17-33(49)55-25-29-21-39(5,6)47(53)43(29,13)14)32(36(52)58-24-28-20-38(3,4)46-42(28,11)12)18-34(50)56-26-30-22-40(7,8)48(54)44(30,15)16/h27-32,45-46,53-54H,17-26H2,1-16H3. The van der Waals surface area contributed by atoms with E-state index in [1.807, 2.05) is 83.1 Å². The molecule has 0 amide bonds. The van der Waals surface area contributed by atoms with E-state index in [0.29, 0.717) is 12.8 Å². The molecule has 58 heavy (non-hydrogen) atoms. The molecule has 4 aliphatic heterocycles. The van der Waals surface area contributed by atoms with Crippen LogP contribution in [0.2, 0.25) is 0 Å². The Morgan fingerprint density at radius 2 is 0.793 bits per heavy atom. The van der Waals surface area contributed by atoms with Gasteiger partial charge in [0.05, 0.1) is 51.1 Å². The van der Waals surface area contributed by atoms with Gasteiger partial charge >= 0.3 is 23.9 Å². The summed E-state index contributed by atoms with van der Waals surface area (Å²) in [6, 6.07) is 0. The third-order valence-corrected chi connectivity index (χ3v) is 14.2. The molecule has 14 heteroatoms. The maximum atomic E-state index is 14.3. The summed E-state index contributed by atoms with van der Waals surface area (Å²) in [5, 5.41) is 31.5. The Hall–Kier alpha value is -2.36. The Bertz CT molecular complexity index is 1420. The van der Waals surface area contributed by atoms with Gasteiger partial charge in [-0.25, -0.2) is 0 Å². The zero-order valence-electron chi connectivity index (χ0n) is 38.6. The molecule has 6 unspecified atom stereocenters. The third-order valence-electron chi connectivity index (χ3n) is 14.2. The van der Waals surface area contributed by atoms with Crippen LogP contribution in [0.5, 0.6) is 0 Å². The first-order valence-electron chi connectivity index (χ1n) is 21.4. The van der Waals surface area contributed by atoms with Gasteiger partial charge in [0.15, 0.2) is 0 Å². The highest BCUT2D eigenvalue weighted by atomic mass is 16.6. The Kier molecular flexibility index (Phi) is 13.7. The molecule has 0 aromatic carbocycles. The molecule has 4 rings (SSSR count). The maximum Gasteiger partial charge on any atom is 0.310 e. The van der Waals surface area contributed by atoms with E-state index in [1.54, 1.807) is 0 Å². The van der Waals surface area contributed by atoms with Gasteiger partial charge in [0.1, 0.15) is 0 Å². The highest BCUT2D eigenvalue weighted by Gasteiger charge is 2.54. The second-order valence-electron chi connectivity index (χ2n) is 22.9. The monoisotopic (exact) mass is 823 g/mol. The number of ether oxygens (including phenoxy) is 4. The summed E-state index contributed by atoms with van der Waals surface area (Å²) in [5.41, 5.74) is -3.57. The van der Waals surface area contributed by atoms with E-state index in [4.69, 9.17) is 18.9 Å². The molecule has 4 aliphatic rings. The zero-order valence-corrected chi connectivity index (χ0v) is 38.6. The summed E-state index contributed by atoms with van der Waals surface area (Å²) >= 11 is 0. The number of carbonyl (C=O) groups excluding carboxylic acids is 4. The minimum Gasteiger partial charge on any atom is -0.465 e. The van der Waals surface area contributed by atoms with Crippen molar-refractivity contribution in [3.05, 3.63) is 0 Å². The summed E-state index contributed by atoms with van der Waals surface area (Å²) < 4.78 is 23.6. The Labute approximate surface area is 348 Å². The molecule has 0 radical (unpaired) electrons. The summed E-state index contributed by atoms with van der Waals surface area (Å²) in [4.78, 5) is 56.3. The second-order valence-corrected chi connectivity index (χ2v) is 22.9. The van der Waals surface area contributed by atoms with Crippen LogP contribution < -0.4 is 10.6 Å². The van der Waals surface area contributed by atoms with Crippen LogP contribution in [-0.4, -0.2) is 115 Å². The fraction of sp³-hybridized carbons (Fsp3) is 0.909. The topological polar surface area (TPSA) is 176 Å². The Morgan fingerprint density at radius 3 is 1.03 bits per heavy atom. The molecule has 4 heterocycles. The van der Waals surface area contributed by atoms with Crippen molar-refractivity contribution in [3.63, 3.8) is 0 Å². The van der Waals surface area contributed by atoms with E-state index >= 15 is 0 Å². The molecule has 14 nitrogen and oxygen atoms in total. The second kappa shape index (κ2) is 16.5. The van der Waals surface area contributed by atoms with Gasteiger partial charge in [0.2, 0.25) is 0 Å². The fourth-order valence-corrected chi connectivity index (χ4v) is 10.9. The molecule has 334 valence electrons. The molecule has 0 aliphatic carbocycles. The lowest BCUT2D eigenvalue weighted by Crippen LogP contribution is -2.48. The first-order valence-corrected chi connectivity index (χ1v) is 21.4. The predicted octanol–water partition coefficient (Wildman–Crippen LogP) is 6.04. The summed E-state index contributed by atoms with van der Waals surface area (Å²) in [7, 11) is 0. The van der Waals surface area contributed by atoms with Crippen LogP contribution in [0.15, 0.2) is 0 Å². The minimum atomic E-state index is -1.42. The van der Waals surface area contributed by atoms with Crippen molar-refractivity contribution >= 4 is 23.9 Å². The van der Waals surface area contributed by atoms with Gasteiger partial charge in [0, 0.05) is 68.0 Å². The molecule has 6 atom stereocenters. The van der Waals surface area contributed by atoms with Crippen LogP contribution in [0.4, 0.5) is 0 Å². The summed E-state index contributed by atoms with van der Waals surface area (Å²) in [5.74, 6) is -6.45. The van der Waals surface area contributed by atoms with Gasteiger partial charge in [-0.2, -0.15) is 10.1 Å². The van der Waals surface area contributed by atoms with E-state index in [-0.39, 0.29) is 72.3 Å². The Balaban J connectivity index is 1.61. The molecule has 0 bridgehead atoms. The van der Waals surface area contributed by atoms with Crippen molar-refractivity contribution in [2.75, 3.05) is 26.4 Å². The average molecular weight is 823 g/mol. The van der Waals surface area contributed by atoms with Crippen LogP contribution in [0, 0.1) is 35.5 Å². The van der Waals surface area contributed by atoms with Crippen molar-refractivity contribution < 1.29 is 48.5 Å². The van der Waals surface area contributed by atoms with E-state index in [0.717, 1.165) is 12.8 Å². The number of hydroxylamine groups is 4. The number of nitrogens with one attached hydrogen (secondary N) is 2. The predicted molar refractivity (Wildman–Crippen MR) is 219 cm³/mol. The number of esters is 4. The number of hydrogen-bond acceptors (Lipinski definition) is 14. The van der Waals surface area contributed by atoms with Gasteiger partial charge < -0.3 is 40.0 Å². The number of hydrogen-bond donors (Lipinski definition) is 4. The highest BCUT2D eigenvalue weighted by Crippen LogP contribution is 2.45. The van der Waals surface area contributed by atoms with E-state index in [9.17, 15) is 29.6 Å². The van der Waals surface area contributed by atoms with E-state index in [2.05, 4.69) is 38.3 Å². The Morgan fingerprint density at radius 1 is 0.500 bits per heavy atom. The van der Waals surface area contributed by atoms with Gasteiger partial charge in [-0.15, -0.1) is 0 Å². The molecular weight excluding hydrogens is 745 g/mol. The lowest BCUT2D eigenvalue weighted by atomic mass is 9.85. The van der Waals surface area contributed by atoms with Gasteiger partial charge in [0.25, 0.3) is 0 Å². The average Bonchev–Trinajstić information content (AvgIpc) is 3.56. The normalized spacial score (nSPS) is 31.0. The highest BCUT2D eigenvalue weighted by molar-refractivity contribution is 5.88. The zero-order chi connectivity index (χ0) is 44.2. The van der Waals surface area contributed by atoms with Gasteiger partial charge in [-0.1, -0.05) is 0 Å². The van der Waals surface area contributed by atoms with Crippen LogP contribution in [-0.2, 0) is 38.1 Å². The lowest BCUT2D eigenvalue weighted by Gasteiger charge is -2.36. The SMILES string of the molecule is CC1(C)CC(COC(=O)C(CC(=O)OCC2CC(C)(C)N(O)C2(C)C)C(CC(=O)OCC2CC(C)(C)N(O)C2(C)C)C(=O)OCC2CC(C)(C)NC2(C)C)C(C)(C)N1. The summed E-state index contributed by atoms with van der Waals surface area (Å²) in [6.45, 7) is 31.8. The maximum absolute atomic E-state index is 14.3. The fourth-order valence-electron chi connectivity index (χ4n) is 10.9. The van der Waals surface area contributed by atoms with Crippen molar-refractivity contribution in [2.24, 2.45) is 35.5 Å². The largest absolute Gasteiger partial charge is 0.465 e. The van der Waals surface area contributed by atoms with Crippen molar-refractivity contribution in [1.29, 1.82) is 0 Å². The number of carbonyl (C=O) groups is 4. The number of rotatable bonds is 15. The van der Waals surface area contributed by atoms with Crippen molar-refractivity contribution in [3.8, 4) is 0 Å². The summed E-state index contributed by atoms with van der Waals surface area (Å²) in [6.07, 6.45) is 1.52.